The van der Waals surface area contributed by atoms with Gasteiger partial charge in [0.2, 0.25) is 10.0 Å². The summed E-state index contributed by atoms with van der Waals surface area (Å²) in [6.45, 7) is -0.0817. The van der Waals surface area contributed by atoms with Crippen LogP contribution in [0.15, 0.2) is 82.8 Å². The highest BCUT2D eigenvalue weighted by molar-refractivity contribution is 7.89. The lowest BCUT2D eigenvalue weighted by Gasteiger charge is -2.16. The van der Waals surface area contributed by atoms with Crippen LogP contribution in [0.4, 0.5) is 4.39 Å². The maximum Gasteiger partial charge on any atom is 0.255 e. The molecule has 0 atom stereocenters. The van der Waals surface area contributed by atoms with Gasteiger partial charge in [-0.15, -0.1) is 0 Å². The van der Waals surface area contributed by atoms with Crippen molar-refractivity contribution in [3.05, 3.63) is 89.7 Å². The summed E-state index contributed by atoms with van der Waals surface area (Å²) in [7, 11) is -1.17. The summed E-state index contributed by atoms with van der Waals surface area (Å²) in [4.78, 5) is 12.0. The Morgan fingerprint density at radius 1 is 1.06 bits per heavy atom. The Balaban J connectivity index is 1.56. The molecular formula is C24H24FN3O5S. The maximum absolute atomic E-state index is 13.0. The minimum Gasteiger partial charge on any atom is -0.493 e. The summed E-state index contributed by atoms with van der Waals surface area (Å²) in [5, 5.41) is 3.87. The van der Waals surface area contributed by atoms with Gasteiger partial charge in [0, 0.05) is 7.05 Å². The van der Waals surface area contributed by atoms with Gasteiger partial charge in [-0.2, -0.15) is 9.41 Å². The SMILES string of the molecule is COc1cc(/C=N\NC(=O)CN(C)S(=O)(=O)c2ccc(F)cc2)ccc1OCc1ccccc1. The van der Waals surface area contributed by atoms with Crippen molar-refractivity contribution < 1.29 is 27.1 Å². The van der Waals surface area contributed by atoms with Crippen molar-refractivity contribution in [2.75, 3.05) is 20.7 Å². The molecule has 3 aromatic carbocycles. The molecule has 0 unspecified atom stereocenters. The number of sulfonamides is 1. The van der Waals surface area contributed by atoms with Crippen LogP contribution >= 0.6 is 0 Å². The van der Waals surface area contributed by atoms with E-state index in [0.717, 1.165) is 34.1 Å². The number of halogens is 1. The Kier molecular flexibility index (Phi) is 8.34. The number of ether oxygens (including phenoxy) is 2. The molecule has 3 rings (SSSR count). The van der Waals surface area contributed by atoms with Gasteiger partial charge in [0.05, 0.1) is 24.8 Å². The first-order valence-electron chi connectivity index (χ1n) is 10.2. The number of amides is 1. The molecule has 0 bridgehead atoms. The van der Waals surface area contributed by atoms with Crippen LogP contribution in [0.5, 0.6) is 11.5 Å². The zero-order chi connectivity index (χ0) is 24.6. The number of likely N-dealkylation sites (N-methyl/N-ethyl adjacent to an activating group) is 1. The normalized spacial score (nSPS) is 11.5. The van der Waals surface area contributed by atoms with Crippen molar-refractivity contribution in [3.63, 3.8) is 0 Å². The molecule has 0 spiro atoms. The van der Waals surface area contributed by atoms with E-state index in [1.165, 1.54) is 20.4 Å². The van der Waals surface area contributed by atoms with E-state index in [1.54, 1.807) is 18.2 Å². The van der Waals surface area contributed by atoms with E-state index in [0.29, 0.717) is 23.7 Å². The quantitative estimate of drug-likeness (QED) is 0.351. The fourth-order valence-electron chi connectivity index (χ4n) is 2.91. The second-order valence-electron chi connectivity index (χ2n) is 7.19. The summed E-state index contributed by atoms with van der Waals surface area (Å²) in [6.07, 6.45) is 1.40. The van der Waals surface area contributed by atoms with Crippen molar-refractivity contribution in [1.82, 2.24) is 9.73 Å². The molecule has 0 radical (unpaired) electrons. The van der Waals surface area contributed by atoms with Crippen LogP contribution in [0.3, 0.4) is 0 Å². The number of benzene rings is 3. The van der Waals surface area contributed by atoms with Crippen LogP contribution < -0.4 is 14.9 Å². The van der Waals surface area contributed by atoms with Crippen LogP contribution in [0.25, 0.3) is 0 Å². The van der Waals surface area contributed by atoms with Gasteiger partial charge in [-0.05, 0) is 53.6 Å². The molecule has 1 N–H and O–H groups in total. The van der Waals surface area contributed by atoms with E-state index >= 15 is 0 Å². The monoisotopic (exact) mass is 485 g/mol. The first kappa shape index (κ1) is 24.9. The van der Waals surface area contributed by atoms with Gasteiger partial charge in [0.25, 0.3) is 5.91 Å². The van der Waals surface area contributed by atoms with Crippen LogP contribution in [0.1, 0.15) is 11.1 Å². The van der Waals surface area contributed by atoms with E-state index in [9.17, 15) is 17.6 Å². The van der Waals surface area contributed by atoms with Gasteiger partial charge in [-0.1, -0.05) is 30.3 Å². The van der Waals surface area contributed by atoms with Gasteiger partial charge in [-0.3, -0.25) is 4.79 Å². The molecule has 8 nitrogen and oxygen atoms in total. The van der Waals surface area contributed by atoms with Crippen molar-refractivity contribution in [2.24, 2.45) is 5.10 Å². The third-order valence-electron chi connectivity index (χ3n) is 4.72. The smallest absolute Gasteiger partial charge is 0.255 e. The topological polar surface area (TPSA) is 97.3 Å². The summed E-state index contributed by atoms with van der Waals surface area (Å²) in [5.41, 5.74) is 3.94. The molecule has 0 fully saturated rings. The van der Waals surface area contributed by atoms with Gasteiger partial charge < -0.3 is 9.47 Å². The highest BCUT2D eigenvalue weighted by atomic mass is 32.2. The zero-order valence-electron chi connectivity index (χ0n) is 18.6. The summed E-state index contributed by atoms with van der Waals surface area (Å²) in [5.74, 6) is -0.142. The van der Waals surface area contributed by atoms with E-state index in [4.69, 9.17) is 9.47 Å². The second kappa shape index (κ2) is 11.4. The molecule has 0 aliphatic rings. The molecule has 0 aliphatic carbocycles. The number of hydrogen-bond acceptors (Lipinski definition) is 6. The molecule has 0 heterocycles. The minimum atomic E-state index is -3.94. The lowest BCUT2D eigenvalue weighted by atomic mass is 10.2. The molecule has 0 saturated carbocycles. The molecule has 1 amide bonds. The van der Waals surface area contributed by atoms with E-state index in [2.05, 4.69) is 10.5 Å². The van der Waals surface area contributed by atoms with E-state index < -0.39 is 28.3 Å². The predicted octanol–water partition coefficient (Wildman–Crippen LogP) is 3.18. The third kappa shape index (κ3) is 6.63. The largest absolute Gasteiger partial charge is 0.493 e. The highest BCUT2D eigenvalue weighted by Gasteiger charge is 2.22. The van der Waals surface area contributed by atoms with Crippen molar-refractivity contribution in [3.8, 4) is 11.5 Å². The molecule has 10 heteroatoms. The third-order valence-corrected chi connectivity index (χ3v) is 6.53. The first-order valence-corrected chi connectivity index (χ1v) is 11.6. The Bertz CT molecular complexity index is 1250. The lowest BCUT2D eigenvalue weighted by molar-refractivity contribution is -0.121. The summed E-state index contributed by atoms with van der Waals surface area (Å²) >= 11 is 0. The average Bonchev–Trinajstić information content (AvgIpc) is 2.84. The van der Waals surface area contributed by atoms with Crippen molar-refractivity contribution >= 4 is 22.1 Å². The van der Waals surface area contributed by atoms with Crippen LogP contribution in [-0.2, 0) is 21.4 Å². The minimum absolute atomic E-state index is 0.116. The summed E-state index contributed by atoms with van der Waals surface area (Å²) < 4.78 is 50.0. The molecular weight excluding hydrogens is 461 g/mol. The number of methoxy groups -OCH3 is 1. The number of nitrogens with zero attached hydrogens (tertiary/aromatic N) is 2. The Labute approximate surface area is 197 Å². The molecule has 3 aromatic rings. The van der Waals surface area contributed by atoms with Crippen molar-refractivity contribution in [2.45, 2.75) is 11.5 Å². The molecule has 0 aliphatic heterocycles. The van der Waals surface area contributed by atoms with Crippen LogP contribution in [0.2, 0.25) is 0 Å². The molecule has 0 aromatic heterocycles. The molecule has 34 heavy (non-hydrogen) atoms. The average molecular weight is 486 g/mol. The van der Waals surface area contributed by atoms with Gasteiger partial charge in [-0.25, -0.2) is 18.2 Å². The maximum atomic E-state index is 13.0. The van der Waals surface area contributed by atoms with Crippen LogP contribution in [0, 0.1) is 5.82 Å². The Hall–Kier alpha value is -3.76. The van der Waals surface area contributed by atoms with E-state index in [-0.39, 0.29) is 4.90 Å². The number of nitrogens with one attached hydrogen (secondary N) is 1. The Morgan fingerprint density at radius 2 is 1.76 bits per heavy atom. The number of carbonyl (C=O) groups is 1. The summed E-state index contributed by atoms with van der Waals surface area (Å²) in [6, 6.07) is 19.2. The highest BCUT2D eigenvalue weighted by Crippen LogP contribution is 2.28. The van der Waals surface area contributed by atoms with E-state index in [1.807, 2.05) is 30.3 Å². The fraction of sp³-hybridized carbons (Fsp3) is 0.167. The fourth-order valence-corrected chi connectivity index (χ4v) is 4.03. The number of rotatable bonds is 10. The molecule has 178 valence electrons. The van der Waals surface area contributed by atoms with Crippen LogP contribution in [-0.4, -0.2) is 45.5 Å². The lowest BCUT2D eigenvalue weighted by Crippen LogP contribution is -2.36. The van der Waals surface area contributed by atoms with Crippen molar-refractivity contribution in [1.29, 1.82) is 0 Å². The van der Waals surface area contributed by atoms with Gasteiger partial charge in [0.15, 0.2) is 11.5 Å². The number of carbonyl (C=O) groups excluding carboxylic acids is 1. The Morgan fingerprint density at radius 3 is 2.44 bits per heavy atom. The number of hydrazone groups is 1. The molecule has 0 saturated heterocycles. The standard InChI is InChI=1S/C24H24FN3O5S/c1-28(34(30,31)21-11-9-20(25)10-12-21)16-24(29)27-26-15-19-8-13-22(23(14-19)32-2)33-17-18-6-4-3-5-7-18/h3-15H,16-17H2,1-2H3,(H,27,29)/b26-15-. The first-order chi connectivity index (χ1) is 16.3. The van der Waals surface area contributed by atoms with Gasteiger partial charge >= 0.3 is 0 Å². The number of hydrogen-bond donors (Lipinski definition) is 1. The second-order valence-corrected chi connectivity index (χ2v) is 9.24. The van der Waals surface area contributed by atoms with Gasteiger partial charge in [0.1, 0.15) is 12.4 Å². The predicted molar refractivity (Wildman–Crippen MR) is 126 cm³/mol. The zero-order valence-corrected chi connectivity index (χ0v) is 19.5.